The van der Waals surface area contributed by atoms with Gasteiger partial charge >= 0.3 is 5.97 Å². The maximum absolute atomic E-state index is 11.6. The largest absolute Gasteiger partial charge is 0.456 e. The summed E-state index contributed by atoms with van der Waals surface area (Å²) in [6, 6.07) is 1.68. The van der Waals surface area contributed by atoms with E-state index >= 15 is 0 Å². The van der Waals surface area contributed by atoms with Gasteiger partial charge in [0.05, 0.1) is 0 Å². The number of ether oxygens (including phenoxy) is 1. The molecular formula is C11H14N2O2. The van der Waals surface area contributed by atoms with Crippen LogP contribution in [0.4, 0.5) is 0 Å². The molecule has 0 aromatic carbocycles. The Kier molecular flexibility index (Phi) is 3.27. The van der Waals surface area contributed by atoms with Crippen LogP contribution in [-0.2, 0) is 4.74 Å². The van der Waals surface area contributed by atoms with E-state index in [1.807, 2.05) is 0 Å². The summed E-state index contributed by atoms with van der Waals surface area (Å²) in [4.78, 5) is 19.3. The molecular weight excluding hydrogens is 192 g/mol. The second-order valence-electron chi connectivity index (χ2n) is 3.74. The number of esters is 1. The third-order valence-corrected chi connectivity index (χ3v) is 2.57. The van der Waals surface area contributed by atoms with Crippen LogP contribution in [0.2, 0.25) is 0 Å². The van der Waals surface area contributed by atoms with Crippen LogP contribution >= 0.6 is 0 Å². The Hall–Kier alpha value is -1.45. The molecule has 1 aliphatic rings. The Balaban J connectivity index is 1.91. The lowest BCUT2D eigenvalue weighted by Gasteiger charge is -2.21. The fourth-order valence-corrected chi connectivity index (χ4v) is 1.79. The number of carbonyl (C=O) groups is 1. The van der Waals surface area contributed by atoms with Crippen molar-refractivity contribution in [3.8, 4) is 0 Å². The van der Waals surface area contributed by atoms with Gasteiger partial charge in [0, 0.05) is 12.4 Å². The van der Waals surface area contributed by atoms with Crippen molar-refractivity contribution in [2.45, 2.75) is 38.2 Å². The lowest BCUT2D eigenvalue weighted by molar-refractivity contribution is 0.0197. The SMILES string of the molecule is O=C(OC1CCCCC1)c1ncccn1. The Morgan fingerprint density at radius 2 is 1.87 bits per heavy atom. The summed E-state index contributed by atoms with van der Waals surface area (Å²) >= 11 is 0. The third kappa shape index (κ3) is 2.75. The monoisotopic (exact) mass is 206 g/mol. The van der Waals surface area contributed by atoms with Gasteiger partial charge in [0.2, 0.25) is 5.82 Å². The minimum atomic E-state index is -0.400. The topological polar surface area (TPSA) is 52.1 Å². The number of aromatic nitrogens is 2. The number of carbonyl (C=O) groups excluding carboxylic acids is 1. The van der Waals surface area contributed by atoms with Crippen molar-refractivity contribution >= 4 is 5.97 Å². The molecule has 4 heteroatoms. The van der Waals surface area contributed by atoms with Gasteiger partial charge in [-0.1, -0.05) is 6.42 Å². The smallest absolute Gasteiger partial charge is 0.376 e. The molecule has 0 unspecified atom stereocenters. The second-order valence-corrected chi connectivity index (χ2v) is 3.74. The van der Waals surface area contributed by atoms with Crippen LogP contribution < -0.4 is 0 Å². The highest BCUT2D eigenvalue weighted by atomic mass is 16.5. The zero-order valence-electron chi connectivity index (χ0n) is 8.56. The van der Waals surface area contributed by atoms with Crippen molar-refractivity contribution in [3.05, 3.63) is 24.3 Å². The van der Waals surface area contributed by atoms with Crippen LogP contribution in [0.1, 0.15) is 42.7 Å². The fourth-order valence-electron chi connectivity index (χ4n) is 1.79. The molecule has 15 heavy (non-hydrogen) atoms. The van der Waals surface area contributed by atoms with Gasteiger partial charge in [-0.3, -0.25) is 0 Å². The molecule has 1 heterocycles. The van der Waals surface area contributed by atoms with Crippen molar-refractivity contribution < 1.29 is 9.53 Å². The lowest BCUT2D eigenvalue weighted by Crippen LogP contribution is -2.22. The van der Waals surface area contributed by atoms with E-state index in [-0.39, 0.29) is 11.9 Å². The summed E-state index contributed by atoms with van der Waals surface area (Å²) in [5.74, 6) is -0.245. The average molecular weight is 206 g/mol. The number of hydrogen-bond donors (Lipinski definition) is 0. The predicted molar refractivity (Wildman–Crippen MR) is 54.3 cm³/mol. The third-order valence-electron chi connectivity index (χ3n) is 2.57. The van der Waals surface area contributed by atoms with Crippen molar-refractivity contribution in [2.75, 3.05) is 0 Å². The molecule has 0 saturated heterocycles. The summed E-state index contributed by atoms with van der Waals surface area (Å²) in [6.45, 7) is 0. The molecule has 0 aliphatic heterocycles. The molecule has 1 aliphatic carbocycles. The molecule has 2 rings (SSSR count). The molecule has 0 radical (unpaired) electrons. The lowest BCUT2D eigenvalue weighted by atomic mass is 9.98. The second kappa shape index (κ2) is 4.87. The van der Waals surface area contributed by atoms with Gasteiger partial charge in [-0.2, -0.15) is 0 Å². The number of nitrogens with zero attached hydrogens (tertiary/aromatic N) is 2. The Bertz CT molecular complexity index is 321. The van der Waals surface area contributed by atoms with Gasteiger partial charge in [-0.15, -0.1) is 0 Å². The fraction of sp³-hybridized carbons (Fsp3) is 0.545. The van der Waals surface area contributed by atoms with E-state index in [0.717, 1.165) is 25.7 Å². The van der Waals surface area contributed by atoms with E-state index in [1.165, 1.54) is 6.42 Å². The maximum Gasteiger partial charge on any atom is 0.376 e. The van der Waals surface area contributed by atoms with Gasteiger partial charge in [0.1, 0.15) is 6.10 Å². The molecule has 0 bridgehead atoms. The van der Waals surface area contributed by atoms with E-state index < -0.39 is 5.97 Å². The number of hydrogen-bond acceptors (Lipinski definition) is 4. The van der Waals surface area contributed by atoms with Crippen LogP contribution in [-0.4, -0.2) is 22.0 Å². The predicted octanol–water partition coefficient (Wildman–Crippen LogP) is 1.97. The van der Waals surface area contributed by atoms with E-state index in [4.69, 9.17) is 4.74 Å². The molecule has 0 atom stereocenters. The average Bonchev–Trinajstić information content (AvgIpc) is 2.31. The van der Waals surface area contributed by atoms with E-state index in [1.54, 1.807) is 18.5 Å². The van der Waals surface area contributed by atoms with Crippen LogP contribution in [0.25, 0.3) is 0 Å². The molecule has 0 amide bonds. The minimum absolute atomic E-state index is 0.0649. The highest BCUT2D eigenvalue weighted by Crippen LogP contribution is 2.20. The highest BCUT2D eigenvalue weighted by molar-refractivity contribution is 5.85. The normalized spacial score (nSPS) is 17.3. The molecule has 0 spiro atoms. The van der Waals surface area contributed by atoms with Gasteiger partial charge in [-0.05, 0) is 31.7 Å². The van der Waals surface area contributed by atoms with Gasteiger partial charge in [-0.25, -0.2) is 14.8 Å². The molecule has 1 aromatic rings. The van der Waals surface area contributed by atoms with E-state index in [0.29, 0.717) is 0 Å². The molecule has 4 nitrogen and oxygen atoms in total. The zero-order valence-corrected chi connectivity index (χ0v) is 8.56. The molecule has 1 fully saturated rings. The van der Waals surface area contributed by atoms with Crippen molar-refractivity contribution in [3.63, 3.8) is 0 Å². The van der Waals surface area contributed by atoms with Gasteiger partial charge in [0.15, 0.2) is 0 Å². The van der Waals surface area contributed by atoms with Crippen LogP contribution in [0.5, 0.6) is 0 Å². The molecule has 1 aromatic heterocycles. The summed E-state index contributed by atoms with van der Waals surface area (Å²) in [5.41, 5.74) is 0. The first kappa shape index (κ1) is 10.1. The van der Waals surface area contributed by atoms with Crippen molar-refractivity contribution in [2.24, 2.45) is 0 Å². The van der Waals surface area contributed by atoms with E-state index in [2.05, 4.69) is 9.97 Å². The Morgan fingerprint density at radius 3 is 2.53 bits per heavy atom. The summed E-state index contributed by atoms with van der Waals surface area (Å²) in [5, 5.41) is 0. The van der Waals surface area contributed by atoms with Crippen LogP contribution in [0.3, 0.4) is 0 Å². The maximum atomic E-state index is 11.6. The van der Waals surface area contributed by atoms with Gasteiger partial charge < -0.3 is 4.74 Å². The molecule has 0 N–H and O–H groups in total. The highest BCUT2D eigenvalue weighted by Gasteiger charge is 2.19. The van der Waals surface area contributed by atoms with Crippen molar-refractivity contribution in [1.82, 2.24) is 9.97 Å². The minimum Gasteiger partial charge on any atom is -0.456 e. The molecule has 80 valence electrons. The first-order valence-corrected chi connectivity index (χ1v) is 5.34. The Labute approximate surface area is 88.7 Å². The van der Waals surface area contributed by atoms with Gasteiger partial charge in [0.25, 0.3) is 0 Å². The summed E-state index contributed by atoms with van der Waals surface area (Å²) in [6.07, 6.45) is 8.64. The zero-order chi connectivity index (χ0) is 10.5. The first-order valence-electron chi connectivity index (χ1n) is 5.34. The van der Waals surface area contributed by atoms with Crippen LogP contribution in [0.15, 0.2) is 18.5 Å². The summed E-state index contributed by atoms with van der Waals surface area (Å²) < 4.78 is 5.31. The number of rotatable bonds is 2. The standard InChI is InChI=1S/C11H14N2O2/c14-11(10-12-7-4-8-13-10)15-9-5-2-1-3-6-9/h4,7-9H,1-3,5-6H2. The van der Waals surface area contributed by atoms with E-state index in [9.17, 15) is 4.79 Å². The van der Waals surface area contributed by atoms with Crippen LogP contribution in [0, 0.1) is 0 Å². The molecule has 1 saturated carbocycles. The quantitative estimate of drug-likeness (QED) is 0.694. The Morgan fingerprint density at radius 1 is 1.20 bits per heavy atom. The summed E-state index contributed by atoms with van der Waals surface area (Å²) in [7, 11) is 0. The first-order chi connectivity index (χ1) is 7.36. The van der Waals surface area contributed by atoms with Crippen molar-refractivity contribution in [1.29, 1.82) is 0 Å².